The highest BCUT2D eigenvalue weighted by molar-refractivity contribution is 5.80. The van der Waals surface area contributed by atoms with E-state index in [1.54, 1.807) is 0 Å². The second-order valence-electron chi connectivity index (χ2n) is 7.94. The second-order valence-corrected chi connectivity index (χ2v) is 7.94. The number of carbonyl (C=O) groups is 1. The van der Waals surface area contributed by atoms with Gasteiger partial charge in [-0.15, -0.1) is 6.58 Å². The number of guanidine groups is 1. The van der Waals surface area contributed by atoms with E-state index in [4.69, 9.17) is 4.99 Å². The molecule has 0 aliphatic carbocycles. The molecule has 1 amide bonds. The second kappa shape index (κ2) is 11.0. The minimum Gasteiger partial charge on any atom is -0.357 e. The van der Waals surface area contributed by atoms with Gasteiger partial charge in [0.2, 0.25) is 5.91 Å². The standard InChI is InChI=1S/C23H35N5O/c1-3-12-27-14-10-21(11-15-27)26-23(24-4-2)25-17-19-7-5-8-20(16-19)18-28-13-6-9-22(28)29/h3,5,7-8,16,21H,1,4,6,9-15,17-18H2,2H3,(H2,24,25,26). The molecule has 6 heteroatoms. The first-order valence-corrected chi connectivity index (χ1v) is 10.9. The molecule has 6 nitrogen and oxygen atoms in total. The molecule has 0 radical (unpaired) electrons. The summed E-state index contributed by atoms with van der Waals surface area (Å²) in [6.07, 6.45) is 5.89. The summed E-state index contributed by atoms with van der Waals surface area (Å²) < 4.78 is 0. The molecule has 158 valence electrons. The number of aliphatic imine (C=N–C) groups is 1. The van der Waals surface area contributed by atoms with Crippen molar-refractivity contribution in [3.8, 4) is 0 Å². The molecule has 1 aromatic carbocycles. The van der Waals surface area contributed by atoms with Crippen molar-refractivity contribution in [2.45, 2.75) is 51.7 Å². The highest BCUT2D eigenvalue weighted by Gasteiger charge is 2.20. The lowest BCUT2D eigenvalue weighted by atomic mass is 10.1. The van der Waals surface area contributed by atoms with Crippen LogP contribution in [-0.4, -0.2) is 60.4 Å². The molecule has 0 aromatic heterocycles. The van der Waals surface area contributed by atoms with Crippen LogP contribution >= 0.6 is 0 Å². The van der Waals surface area contributed by atoms with Gasteiger partial charge in [-0.05, 0) is 37.3 Å². The number of piperidine rings is 1. The first-order chi connectivity index (χ1) is 14.2. The number of hydrogen-bond donors (Lipinski definition) is 2. The molecule has 0 atom stereocenters. The van der Waals surface area contributed by atoms with Gasteiger partial charge in [-0.25, -0.2) is 4.99 Å². The van der Waals surface area contributed by atoms with E-state index in [0.29, 0.717) is 25.6 Å². The molecule has 3 rings (SSSR count). The van der Waals surface area contributed by atoms with Gasteiger partial charge in [0.25, 0.3) is 0 Å². The summed E-state index contributed by atoms with van der Waals surface area (Å²) in [5, 5.41) is 6.97. The number of hydrogen-bond acceptors (Lipinski definition) is 3. The van der Waals surface area contributed by atoms with Crippen molar-refractivity contribution >= 4 is 11.9 Å². The Labute approximate surface area is 175 Å². The van der Waals surface area contributed by atoms with Crippen LogP contribution in [-0.2, 0) is 17.9 Å². The lowest BCUT2D eigenvalue weighted by Crippen LogP contribution is -2.48. The van der Waals surface area contributed by atoms with Crippen molar-refractivity contribution in [3.05, 3.63) is 48.0 Å². The maximum Gasteiger partial charge on any atom is 0.222 e. The van der Waals surface area contributed by atoms with E-state index in [0.717, 1.165) is 57.9 Å². The van der Waals surface area contributed by atoms with Gasteiger partial charge in [0.1, 0.15) is 0 Å². The number of nitrogens with one attached hydrogen (secondary N) is 2. The van der Waals surface area contributed by atoms with Gasteiger partial charge < -0.3 is 15.5 Å². The van der Waals surface area contributed by atoms with Gasteiger partial charge in [-0.1, -0.05) is 30.3 Å². The number of amides is 1. The topological polar surface area (TPSA) is 60.0 Å². The summed E-state index contributed by atoms with van der Waals surface area (Å²) in [5.74, 6) is 1.15. The lowest BCUT2D eigenvalue weighted by molar-refractivity contribution is -0.128. The normalized spacial score (nSPS) is 18.9. The van der Waals surface area contributed by atoms with Gasteiger partial charge in [0.05, 0.1) is 6.54 Å². The van der Waals surface area contributed by atoms with E-state index in [1.807, 2.05) is 11.0 Å². The fraction of sp³-hybridized carbons (Fsp3) is 0.565. The van der Waals surface area contributed by atoms with Crippen molar-refractivity contribution in [1.82, 2.24) is 20.4 Å². The van der Waals surface area contributed by atoms with Gasteiger partial charge in [0.15, 0.2) is 5.96 Å². The van der Waals surface area contributed by atoms with Crippen molar-refractivity contribution in [1.29, 1.82) is 0 Å². The molecule has 2 fully saturated rings. The first kappa shape index (κ1) is 21.4. The molecule has 2 N–H and O–H groups in total. The van der Waals surface area contributed by atoms with Crippen LogP contribution in [0, 0.1) is 0 Å². The Morgan fingerprint density at radius 1 is 1.28 bits per heavy atom. The van der Waals surface area contributed by atoms with E-state index >= 15 is 0 Å². The van der Waals surface area contributed by atoms with Crippen LogP contribution in [0.25, 0.3) is 0 Å². The number of rotatable bonds is 8. The summed E-state index contributed by atoms with van der Waals surface area (Å²) in [6, 6.07) is 8.90. The third-order valence-electron chi connectivity index (χ3n) is 5.62. The van der Waals surface area contributed by atoms with Crippen LogP contribution in [0.4, 0.5) is 0 Å². The molecule has 2 aliphatic rings. The van der Waals surface area contributed by atoms with Crippen LogP contribution in [0.1, 0.15) is 43.7 Å². The van der Waals surface area contributed by atoms with Crippen LogP contribution in [0.3, 0.4) is 0 Å². The zero-order chi connectivity index (χ0) is 20.5. The highest BCUT2D eigenvalue weighted by Crippen LogP contribution is 2.16. The Kier molecular flexibility index (Phi) is 8.11. The fourth-order valence-electron chi connectivity index (χ4n) is 4.04. The average molecular weight is 398 g/mol. The molecule has 1 aromatic rings. The summed E-state index contributed by atoms with van der Waals surface area (Å²) in [6.45, 7) is 12.2. The van der Waals surface area contributed by atoms with Crippen molar-refractivity contribution in [2.24, 2.45) is 4.99 Å². The first-order valence-electron chi connectivity index (χ1n) is 10.9. The van der Waals surface area contributed by atoms with Gasteiger partial charge in [-0.3, -0.25) is 9.69 Å². The maximum atomic E-state index is 11.9. The minimum absolute atomic E-state index is 0.270. The summed E-state index contributed by atoms with van der Waals surface area (Å²) >= 11 is 0. The summed E-state index contributed by atoms with van der Waals surface area (Å²) in [5.41, 5.74) is 2.35. The monoisotopic (exact) mass is 397 g/mol. The van der Waals surface area contributed by atoms with Gasteiger partial charge in [-0.2, -0.15) is 0 Å². The van der Waals surface area contributed by atoms with E-state index in [1.165, 1.54) is 11.1 Å². The van der Waals surface area contributed by atoms with Gasteiger partial charge >= 0.3 is 0 Å². The van der Waals surface area contributed by atoms with Crippen molar-refractivity contribution in [3.63, 3.8) is 0 Å². The average Bonchev–Trinajstić information content (AvgIpc) is 3.13. The SMILES string of the molecule is C=CCN1CCC(NC(=NCc2cccc(CN3CCCC3=O)c2)NCC)CC1. The molecule has 2 aliphatic heterocycles. The third-order valence-corrected chi connectivity index (χ3v) is 5.62. The highest BCUT2D eigenvalue weighted by atomic mass is 16.2. The lowest BCUT2D eigenvalue weighted by Gasteiger charge is -2.32. The molecule has 29 heavy (non-hydrogen) atoms. The Balaban J connectivity index is 1.55. The number of benzene rings is 1. The molecule has 0 unspecified atom stereocenters. The van der Waals surface area contributed by atoms with E-state index < -0.39 is 0 Å². The number of likely N-dealkylation sites (tertiary alicyclic amines) is 2. The molecular weight excluding hydrogens is 362 g/mol. The quantitative estimate of drug-likeness (QED) is 0.402. The maximum absolute atomic E-state index is 11.9. The molecule has 2 heterocycles. The number of nitrogens with zero attached hydrogens (tertiary/aromatic N) is 3. The predicted octanol–water partition coefficient (Wildman–Crippen LogP) is 2.51. The third kappa shape index (κ3) is 6.60. The summed E-state index contributed by atoms with van der Waals surface area (Å²) in [4.78, 5) is 21.1. The van der Waals surface area contributed by atoms with Crippen LogP contribution in [0.5, 0.6) is 0 Å². The molecule has 0 spiro atoms. The van der Waals surface area contributed by atoms with E-state index in [9.17, 15) is 4.79 Å². The molecule has 0 saturated carbocycles. The molecule has 0 bridgehead atoms. The van der Waals surface area contributed by atoms with Gasteiger partial charge in [0, 0.05) is 51.7 Å². The predicted molar refractivity (Wildman–Crippen MR) is 119 cm³/mol. The van der Waals surface area contributed by atoms with E-state index in [-0.39, 0.29) is 5.91 Å². The Morgan fingerprint density at radius 3 is 2.76 bits per heavy atom. The van der Waals surface area contributed by atoms with E-state index in [2.05, 4.69) is 53.3 Å². The minimum atomic E-state index is 0.270. The largest absolute Gasteiger partial charge is 0.357 e. The Bertz CT molecular complexity index is 709. The number of carbonyl (C=O) groups excluding carboxylic acids is 1. The smallest absolute Gasteiger partial charge is 0.222 e. The van der Waals surface area contributed by atoms with Crippen molar-refractivity contribution < 1.29 is 4.79 Å². The fourth-order valence-corrected chi connectivity index (χ4v) is 4.04. The zero-order valence-corrected chi connectivity index (χ0v) is 17.7. The Morgan fingerprint density at radius 2 is 2.07 bits per heavy atom. The van der Waals surface area contributed by atoms with Crippen LogP contribution in [0.2, 0.25) is 0 Å². The molecule has 2 saturated heterocycles. The Hall–Kier alpha value is -2.34. The van der Waals surface area contributed by atoms with Crippen LogP contribution in [0.15, 0.2) is 41.9 Å². The van der Waals surface area contributed by atoms with Crippen molar-refractivity contribution in [2.75, 3.05) is 32.7 Å². The van der Waals surface area contributed by atoms with Crippen LogP contribution < -0.4 is 10.6 Å². The molecular formula is C23H35N5O. The summed E-state index contributed by atoms with van der Waals surface area (Å²) in [7, 11) is 0. The zero-order valence-electron chi connectivity index (χ0n) is 17.7.